The van der Waals surface area contributed by atoms with Gasteiger partial charge in [0.1, 0.15) is 0 Å². The molecule has 2 rings (SSSR count). The third-order valence-electron chi connectivity index (χ3n) is 3.20. The molecule has 0 radical (unpaired) electrons. The van der Waals surface area contributed by atoms with Crippen molar-refractivity contribution in [3.05, 3.63) is 35.4 Å². The summed E-state index contributed by atoms with van der Waals surface area (Å²) in [6.45, 7) is 1.64. The Labute approximate surface area is 102 Å². The fraction of sp³-hybridized carbons (Fsp3) is 0.500. The minimum Gasteiger partial charge on any atom is -0.295 e. The highest BCUT2D eigenvalue weighted by Crippen LogP contribution is 2.26. The molecular weight excluding hydrogens is 216 g/mol. The largest absolute Gasteiger partial charge is 0.295 e. The van der Waals surface area contributed by atoms with Crippen molar-refractivity contribution in [3.63, 3.8) is 0 Å². The Morgan fingerprint density at radius 3 is 2.81 bits per heavy atom. The summed E-state index contributed by atoms with van der Waals surface area (Å²) < 4.78 is 0. The summed E-state index contributed by atoms with van der Waals surface area (Å²) in [5.74, 6) is 3.60. The fourth-order valence-electron chi connectivity index (χ4n) is 2.20. The van der Waals surface area contributed by atoms with Gasteiger partial charge in [0.05, 0.1) is 0 Å². The minimum absolute atomic E-state index is 0.168. The van der Waals surface area contributed by atoms with Gasteiger partial charge >= 0.3 is 0 Å². The zero-order valence-corrected chi connectivity index (χ0v) is 10.6. The minimum atomic E-state index is 0.168. The van der Waals surface area contributed by atoms with Gasteiger partial charge < -0.3 is 0 Å². The van der Waals surface area contributed by atoms with Crippen molar-refractivity contribution >= 4 is 17.5 Å². The Morgan fingerprint density at radius 2 is 2.12 bits per heavy atom. The van der Waals surface area contributed by atoms with Crippen LogP contribution < -0.4 is 0 Å². The average molecular weight is 234 g/mol. The van der Waals surface area contributed by atoms with Crippen LogP contribution in [0.15, 0.2) is 24.3 Å². The van der Waals surface area contributed by atoms with E-state index in [1.807, 2.05) is 12.1 Å². The molecule has 1 aliphatic heterocycles. The van der Waals surface area contributed by atoms with E-state index in [1.165, 1.54) is 29.9 Å². The van der Waals surface area contributed by atoms with Crippen LogP contribution in [0.25, 0.3) is 0 Å². The number of hydrogen-bond acceptors (Lipinski definition) is 2. The molecule has 0 saturated carbocycles. The molecule has 86 valence electrons. The van der Waals surface area contributed by atoms with E-state index in [0.29, 0.717) is 0 Å². The molecule has 16 heavy (non-hydrogen) atoms. The zero-order chi connectivity index (χ0) is 11.4. The number of carbonyl (C=O) groups is 1. The van der Waals surface area contributed by atoms with E-state index in [9.17, 15) is 4.79 Å². The van der Waals surface area contributed by atoms with Gasteiger partial charge in [0.2, 0.25) is 0 Å². The summed E-state index contributed by atoms with van der Waals surface area (Å²) in [6, 6.07) is 8.12. The molecule has 2 heteroatoms. The predicted octanol–water partition coefficient (Wildman–Crippen LogP) is 3.57. The summed E-state index contributed by atoms with van der Waals surface area (Å²) >= 11 is 2.06. The van der Waals surface area contributed by atoms with Gasteiger partial charge in [0, 0.05) is 5.56 Å². The van der Waals surface area contributed by atoms with Crippen molar-refractivity contribution < 1.29 is 4.79 Å². The second-order valence-electron chi connectivity index (χ2n) is 4.52. The number of rotatable bonds is 3. The van der Waals surface area contributed by atoms with Crippen LogP contribution in [0.4, 0.5) is 0 Å². The van der Waals surface area contributed by atoms with E-state index in [2.05, 4.69) is 23.9 Å². The number of Topliss-reactive ketones (excluding diaryl/α,β-unsaturated/α-hetero) is 1. The summed E-state index contributed by atoms with van der Waals surface area (Å²) in [5.41, 5.74) is 2.17. The molecule has 0 amide bonds. The normalized spacial score (nSPS) is 17.3. The van der Waals surface area contributed by atoms with Gasteiger partial charge in [-0.2, -0.15) is 11.8 Å². The highest BCUT2D eigenvalue weighted by Gasteiger charge is 2.14. The first-order valence-electron chi connectivity index (χ1n) is 5.93. The first kappa shape index (κ1) is 11.7. The van der Waals surface area contributed by atoms with Gasteiger partial charge in [-0.05, 0) is 55.2 Å². The molecule has 0 aliphatic carbocycles. The molecule has 1 heterocycles. The molecule has 0 spiro atoms. The number of benzene rings is 1. The lowest BCUT2D eigenvalue weighted by Gasteiger charge is -2.21. The van der Waals surface area contributed by atoms with Gasteiger partial charge in [0.15, 0.2) is 5.78 Å². The summed E-state index contributed by atoms with van der Waals surface area (Å²) in [5, 5.41) is 0. The maximum Gasteiger partial charge on any atom is 0.159 e. The van der Waals surface area contributed by atoms with E-state index in [0.717, 1.165) is 17.9 Å². The molecule has 1 aromatic carbocycles. The zero-order valence-electron chi connectivity index (χ0n) is 9.74. The molecule has 0 atom stereocenters. The summed E-state index contributed by atoms with van der Waals surface area (Å²) in [7, 11) is 0. The highest BCUT2D eigenvalue weighted by atomic mass is 32.2. The summed E-state index contributed by atoms with van der Waals surface area (Å²) in [4.78, 5) is 11.3. The van der Waals surface area contributed by atoms with Crippen LogP contribution in [0.3, 0.4) is 0 Å². The molecular formula is C14H18OS. The second-order valence-corrected chi connectivity index (χ2v) is 5.74. The standard InChI is InChI=1S/C14H18OS/c1-11(15)14-4-2-3-13(10-14)9-12-5-7-16-8-6-12/h2-4,10,12H,5-9H2,1H3. The van der Waals surface area contributed by atoms with Crippen molar-refractivity contribution in [3.8, 4) is 0 Å². The van der Waals surface area contributed by atoms with Crippen LogP contribution in [-0.2, 0) is 6.42 Å². The van der Waals surface area contributed by atoms with Crippen LogP contribution in [0.5, 0.6) is 0 Å². The lowest BCUT2D eigenvalue weighted by molar-refractivity contribution is 0.101. The quantitative estimate of drug-likeness (QED) is 0.744. The molecule has 1 aliphatic rings. The van der Waals surface area contributed by atoms with Crippen molar-refractivity contribution in [1.82, 2.24) is 0 Å². The monoisotopic (exact) mass is 234 g/mol. The molecule has 1 saturated heterocycles. The van der Waals surface area contributed by atoms with Crippen LogP contribution in [0.1, 0.15) is 35.7 Å². The van der Waals surface area contributed by atoms with Gasteiger partial charge in [-0.25, -0.2) is 0 Å². The molecule has 0 aromatic heterocycles. The van der Waals surface area contributed by atoms with Crippen LogP contribution in [-0.4, -0.2) is 17.3 Å². The molecule has 0 bridgehead atoms. The van der Waals surface area contributed by atoms with Gasteiger partial charge in [-0.3, -0.25) is 4.79 Å². The Kier molecular flexibility index (Phi) is 4.05. The van der Waals surface area contributed by atoms with Gasteiger partial charge in [0.25, 0.3) is 0 Å². The molecule has 1 fully saturated rings. The smallest absolute Gasteiger partial charge is 0.159 e. The summed E-state index contributed by atoms with van der Waals surface area (Å²) in [6.07, 6.45) is 3.80. The predicted molar refractivity (Wildman–Crippen MR) is 70.2 cm³/mol. The Bertz CT molecular complexity index is 367. The highest BCUT2D eigenvalue weighted by molar-refractivity contribution is 7.99. The van der Waals surface area contributed by atoms with Crippen molar-refractivity contribution in [2.24, 2.45) is 5.92 Å². The van der Waals surface area contributed by atoms with Crippen molar-refractivity contribution in [2.75, 3.05) is 11.5 Å². The van der Waals surface area contributed by atoms with E-state index >= 15 is 0 Å². The SMILES string of the molecule is CC(=O)c1cccc(CC2CCSCC2)c1. The molecule has 1 nitrogen and oxygen atoms in total. The van der Waals surface area contributed by atoms with E-state index in [1.54, 1.807) is 6.92 Å². The van der Waals surface area contributed by atoms with Gasteiger partial charge in [-0.15, -0.1) is 0 Å². The van der Waals surface area contributed by atoms with Crippen LogP contribution >= 0.6 is 11.8 Å². The third kappa shape index (κ3) is 3.11. The first-order chi connectivity index (χ1) is 7.75. The third-order valence-corrected chi connectivity index (χ3v) is 4.25. The van der Waals surface area contributed by atoms with E-state index in [4.69, 9.17) is 0 Å². The lowest BCUT2D eigenvalue weighted by atomic mass is 9.93. The maximum absolute atomic E-state index is 11.3. The number of carbonyl (C=O) groups excluding carboxylic acids is 1. The topological polar surface area (TPSA) is 17.1 Å². The van der Waals surface area contributed by atoms with Crippen molar-refractivity contribution in [2.45, 2.75) is 26.2 Å². The number of hydrogen-bond donors (Lipinski definition) is 0. The Morgan fingerprint density at radius 1 is 1.38 bits per heavy atom. The van der Waals surface area contributed by atoms with Crippen molar-refractivity contribution in [1.29, 1.82) is 0 Å². The first-order valence-corrected chi connectivity index (χ1v) is 7.09. The second kappa shape index (κ2) is 5.53. The Hall–Kier alpha value is -0.760. The van der Waals surface area contributed by atoms with E-state index in [-0.39, 0.29) is 5.78 Å². The average Bonchev–Trinajstić information content (AvgIpc) is 2.30. The molecule has 0 N–H and O–H groups in total. The number of thioether (sulfide) groups is 1. The molecule has 0 unspecified atom stereocenters. The fourth-order valence-corrected chi connectivity index (χ4v) is 3.41. The Balaban J connectivity index is 2.02. The van der Waals surface area contributed by atoms with Gasteiger partial charge in [-0.1, -0.05) is 18.2 Å². The lowest BCUT2D eigenvalue weighted by Crippen LogP contribution is -2.12. The number of ketones is 1. The van der Waals surface area contributed by atoms with Crippen LogP contribution in [0, 0.1) is 5.92 Å². The van der Waals surface area contributed by atoms with Crippen LogP contribution in [0.2, 0.25) is 0 Å². The molecule has 1 aromatic rings. The maximum atomic E-state index is 11.3. The van der Waals surface area contributed by atoms with E-state index < -0.39 is 0 Å².